The summed E-state index contributed by atoms with van der Waals surface area (Å²) in [6, 6.07) is 1.42. The fraction of sp³-hybridized carbons (Fsp3) is 0.250. The molecular weight excluding hydrogens is 192 g/mol. The Kier molecular flexibility index (Phi) is 2.72. The molecule has 0 saturated carbocycles. The summed E-state index contributed by atoms with van der Waals surface area (Å²) in [6.45, 7) is 1.65. The van der Waals surface area contributed by atoms with Gasteiger partial charge in [0.1, 0.15) is 10.7 Å². The van der Waals surface area contributed by atoms with Gasteiger partial charge in [0.15, 0.2) is 0 Å². The summed E-state index contributed by atoms with van der Waals surface area (Å²) in [4.78, 5) is 15.1. The Balaban J connectivity index is 3.28. The lowest BCUT2D eigenvalue weighted by atomic mass is 10.2. The van der Waals surface area contributed by atoms with E-state index in [-0.39, 0.29) is 16.4 Å². The van der Waals surface area contributed by atoms with E-state index in [4.69, 9.17) is 17.3 Å². The van der Waals surface area contributed by atoms with Crippen LogP contribution in [0.25, 0.3) is 0 Å². The third-order valence-corrected chi connectivity index (χ3v) is 1.78. The zero-order valence-electron chi connectivity index (χ0n) is 7.30. The van der Waals surface area contributed by atoms with Gasteiger partial charge >= 0.3 is 5.97 Å². The number of nitrogens with zero attached hydrogens (tertiary/aromatic N) is 1. The number of methoxy groups -OCH3 is 1. The van der Waals surface area contributed by atoms with Crippen LogP contribution in [0.3, 0.4) is 0 Å². The number of hydrogen-bond donors (Lipinski definition) is 1. The fourth-order valence-electron chi connectivity index (χ4n) is 1.03. The number of carbonyl (C=O) groups excluding carboxylic acids is 1. The molecule has 0 bridgehead atoms. The van der Waals surface area contributed by atoms with E-state index in [1.807, 2.05) is 0 Å². The first-order valence-corrected chi connectivity index (χ1v) is 3.95. The maximum Gasteiger partial charge on any atom is 0.341 e. The number of rotatable bonds is 1. The minimum Gasteiger partial charge on any atom is -0.465 e. The van der Waals surface area contributed by atoms with Gasteiger partial charge in [0.2, 0.25) is 0 Å². The van der Waals surface area contributed by atoms with Crippen LogP contribution < -0.4 is 5.73 Å². The highest BCUT2D eigenvalue weighted by atomic mass is 35.5. The van der Waals surface area contributed by atoms with Crippen molar-refractivity contribution in [2.75, 3.05) is 12.8 Å². The van der Waals surface area contributed by atoms with Crippen LogP contribution in [-0.4, -0.2) is 18.1 Å². The number of esters is 1. The van der Waals surface area contributed by atoms with Crippen LogP contribution in [0.2, 0.25) is 5.15 Å². The number of nitrogens with two attached hydrogens (primary N) is 1. The van der Waals surface area contributed by atoms with Crippen molar-refractivity contribution in [2.45, 2.75) is 6.92 Å². The van der Waals surface area contributed by atoms with Gasteiger partial charge in [-0.05, 0) is 13.0 Å². The van der Waals surface area contributed by atoms with E-state index in [1.54, 1.807) is 6.92 Å². The second-order valence-corrected chi connectivity index (χ2v) is 2.87. The van der Waals surface area contributed by atoms with Gasteiger partial charge in [0.25, 0.3) is 0 Å². The summed E-state index contributed by atoms with van der Waals surface area (Å²) in [5.41, 5.74) is 6.59. The lowest BCUT2D eigenvalue weighted by molar-refractivity contribution is 0.0600. The molecular formula is C8H9ClN2O2. The highest BCUT2D eigenvalue weighted by molar-refractivity contribution is 6.29. The number of halogens is 1. The van der Waals surface area contributed by atoms with Crippen LogP contribution in [0.1, 0.15) is 16.1 Å². The van der Waals surface area contributed by atoms with Crippen LogP contribution in [-0.2, 0) is 4.74 Å². The normalized spacial score (nSPS) is 9.77. The topological polar surface area (TPSA) is 65.2 Å². The summed E-state index contributed by atoms with van der Waals surface area (Å²) >= 11 is 5.63. The predicted octanol–water partition coefficient (Wildman–Crippen LogP) is 1.41. The Morgan fingerprint density at radius 3 is 2.77 bits per heavy atom. The van der Waals surface area contributed by atoms with Crippen LogP contribution >= 0.6 is 11.6 Å². The minimum atomic E-state index is -0.501. The Bertz CT molecular complexity index is 329. The second-order valence-electron chi connectivity index (χ2n) is 2.49. The smallest absolute Gasteiger partial charge is 0.341 e. The molecule has 1 heterocycles. The van der Waals surface area contributed by atoms with E-state index < -0.39 is 5.97 Å². The summed E-state index contributed by atoms with van der Waals surface area (Å²) in [7, 11) is 1.29. The molecule has 1 aromatic rings. The maximum absolute atomic E-state index is 11.2. The first-order chi connectivity index (χ1) is 6.06. The van der Waals surface area contributed by atoms with Crippen molar-refractivity contribution in [3.8, 4) is 0 Å². The second kappa shape index (κ2) is 3.62. The first-order valence-electron chi connectivity index (χ1n) is 3.57. The molecule has 0 aliphatic heterocycles. The summed E-state index contributed by atoms with van der Waals surface area (Å²) in [5.74, 6) is -0.501. The number of hydrogen-bond acceptors (Lipinski definition) is 4. The van der Waals surface area contributed by atoms with E-state index >= 15 is 0 Å². The predicted molar refractivity (Wildman–Crippen MR) is 49.7 cm³/mol. The molecule has 0 aliphatic rings. The Hall–Kier alpha value is -1.29. The van der Waals surface area contributed by atoms with Crippen molar-refractivity contribution >= 4 is 23.3 Å². The molecule has 0 unspecified atom stereocenters. The van der Waals surface area contributed by atoms with Gasteiger partial charge in [-0.25, -0.2) is 9.78 Å². The van der Waals surface area contributed by atoms with Gasteiger partial charge in [-0.3, -0.25) is 0 Å². The molecule has 1 aromatic heterocycles. The summed E-state index contributed by atoms with van der Waals surface area (Å²) in [6.07, 6.45) is 0. The quantitative estimate of drug-likeness (QED) is 0.550. The molecule has 0 spiro atoms. The number of carbonyl (C=O) groups is 1. The third kappa shape index (κ3) is 1.89. The van der Waals surface area contributed by atoms with Gasteiger partial charge in [-0.1, -0.05) is 11.6 Å². The SMILES string of the molecule is COC(=O)c1c(N)cc(Cl)nc1C. The van der Waals surface area contributed by atoms with Crippen molar-refractivity contribution in [3.63, 3.8) is 0 Å². The summed E-state index contributed by atoms with van der Waals surface area (Å²) in [5, 5.41) is 0.266. The molecule has 0 fully saturated rings. The average Bonchev–Trinajstić information content (AvgIpc) is 2.02. The molecule has 13 heavy (non-hydrogen) atoms. The van der Waals surface area contributed by atoms with Crippen molar-refractivity contribution < 1.29 is 9.53 Å². The molecule has 4 nitrogen and oxygen atoms in total. The highest BCUT2D eigenvalue weighted by Crippen LogP contribution is 2.19. The highest BCUT2D eigenvalue weighted by Gasteiger charge is 2.14. The van der Waals surface area contributed by atoms with E-state index in [0.29, 0.717) is 5.69 Å². The number of ether oxygens (including phenoxy) is 1. The Morgan fingerprint density at radius 2 is 2.31 bits per heavy atom. The molecule has 0 aromatic carbocycles. The summed E-state index contributed by atoms with van der Waals surface area (Å²) < 4.78 is 4.54. The Labute approximate surface area is 80.7 Å². The zero-order valence-corrected chi connectivity index (χ0v) is 8.05. The molecule has 0 atom stereocenters. The number of anilines is 1. The van der Waals surface area contributed by atoms with Gasteiger partial charge < -0.3 is 10.5 Å². The van der Waals surface area contributed by atoms with Crippen LogP contribution in [0.4, 0.5) is 5.69 Å². The molecule has 5 heteroatoms. The maximum atomic E-state index is 11.2. The van der Waals surface area contributed by atoms with E-state index in [1.165, 1.54) is 13.2 Å². The van der Waals surface area contributed by atoms with Crippen LogP contribution in [0, 0.1) is 6.92 Å². The van der Waals surface area contributed by atoms with Crippen LogP contribution in [0.15, 0.2) is 6.07 Å². The van der Waals surface area contributed by atoms with Crippen molar-refractivity contribution in [1.82, 2.24) is 4.98 Å². The van der Waals surface area contributed by atoms with Gasteiger partial charge in [-0.2, -0.15) is 0 Å². The monoisotopic (exact) mass is 200 g/mol. The van der Waals surface area contributed by atoms with E-state index in [9.17, 15) is 4.79 Å². The lowest BCUT2D eigenvalue weighted by Crippen LogP contribution is -2.09. The first kappa shape index (κ1) is 9.80. The number of aryl methyl sites for hydroxylation is 1. The van der Waals surface area contributed by atoms with Crippen molar-refractivity contribution in [1.29, 1.82) is 0 Å². The van der Waals surface area contributed by atoms with E-state index in [2.05, 4.69) is 9.72 Å². The lowest BCUT2D eigenvalue weighted by Gasteiger charge is -2.06. The molecule has 0 amide bonds. The number of nitrogen functional groups attached to an aromatic ring is 1. The standard InChI is InChI=1S/C8H9ClN2O2/c1-4-7(8(12)13-2)5(10)3-6(9)11-4/h3H,1-2H3,(H2,10,11). The Morgan fingerprint density at radius 1 is 1.69 bits per heavy atom. The molecule has 1 rings (SSSR count). The molecule has 0 aliphatic carbocycles. The van der Waals surface area contributed by atoms with Crippen molar-refractivity contribution in [2.24, 2.45) is 0 Å². The van der Waals surface area contributed by atoms with Gasteiger partial charge in [0, 0.05) is 0 Å². The van der Waals surface area contributed by atoms with Gasteiger partial charge in [0.05, 0.1) is 18.5 Å². The zero-order chi connectivity index (χ0) is 10.0. The third-order valence-electron chi connectivity index (χ3n) is 1.59. The largest absolute Gasteiger partial charge is 0.465 e. The van der Waals surface area contributed by atoms with Gasteiger partial charge in [-0.15, -0.1) is 0 Å². The molecule has 2 N–H and O–H groups in total. The average molecular weight is 201 g/mol. The van der Waals surface area contributed by atoms with Crippen LogP contribution in [0.5, 0.6) is 0 Å². The number of aromatic nitrogens is 1. The molecule has 70 valence electrons. The fourth-order valence-corrected chi connectivity index (χ4v) is 1.27. The molecule has 0 radical (unpaired) electrons. The number of pyridine rings is 1. The molecule has 0 saturated heterocycles. The van der Waals surface area contributed by atoms with E-state index in [0.717, 1.165) is 0 Å². The van der Waals surface area contributed by atoms with Crippen molar-refractivity contribution in [3.05, 3.63) is 22.5 Å². The minimum absolute atomic E-state index is 0.266.